The van der Waals surface area contributed by atoms with Crippen LogP contribution in [-0.4, -0.2) is 62.2 Å². The van der Waals surface area contributed by atoms with E-state index >= 15 is 0 Å². The van der Waals surface area contributed by atoms with Gasteiger partial charge >= 0.3 is 6.01 Å². The Morgan fingerprint density at radius 1 is 1.07 bits per heavy atom. The average molecular weight is 561 g/mol. The van der Waals surface area contributed by atoms with Gasteiger partial charge in [0.2, 0.25) is 5.91 Å². The molecule has 2 aliphatic heterocycles. The van der Waals surface area contributed by atoms with Gasteiger partial charge in [-0.15, -0.1) is 0 Å². The van der Waals surface area contributed by atoms with Crippen LogP contribution in [0.15, 0.2) is 30.7 Å². The lowest BCUT2D eigenvalue weighted by Gasteiger charge is -2.27. The third-order valence-corrected chi connectivity index (χ3v) is 8.19. The number of ketones is 2. The van der Waals surface area contributed by atoms with Gasteiger partial charge in [0, 0.05) is 49.1 Å². The molecule has 218 valence electrons. The summed E-state index contributed by atoms with van der Waals surface area (Å²) in [6.07, 6.45) is 13.0. The fourth-order valence-corrected chi connectivity index (χ4v) is 6.10. The number of aromatic nitrogens is 3. The van der Waals surface area contributed by atoms with E-state index < -0.39 is 6.04 Å². The summed E-state index contributed by atoms with van der Waals surface area (Å²) in [7, 11) is 0. The van der Waals surface area contributed by atoms with Crippen LogP contribution in [0.4, 0.5) is 0 Å². The van der Waals surface area contributed by atoms with Crippen LogP contribution < -0.4 is 4.74 Å². The molecule has 2 atom stereocenters. The number of carbonyl (C=O) groups excluding carboxylic acids is 3. The summed E-state index contributed by atoms with van der Waals surface area (Å²) in [6.45, 7) is 6.42. The number of amides is 1. The van der Waals surface area contributed by atoms with Crippen LogP contribution in [0.1, 0.15) is 86.7 Å². The second-order valence-electron chi connectivity index (χ2n) is 11.3. The molecule has 1 saturated heterocycles. The molecule has 1 aromatic carbocycles. The predicted octanol–water partition coefficient (Wildman–Crippen LogP) is 5.60. The molecule has 0 saturated carbocycles. The summed E-state index contributed by atoms with van der Waals surface area (Å²) in [6, 6.07) is 3.49. The molecule has 1 fully saturated rings. The molecule has 3 aromatic rings. The molecular formula is C32H40N4O5. The van der Waals surface area contributed by atoms with E-state index in [9.17, 15) is 14.4 Å². The molecule has 0 unspecified atom stereocenters. The van der Waals surface area contributed by atoms with Crippen LogP contribution in [0.5, 0.6) is 11.8 Å². The van der Waals surface area contributed by atoms with Gasteiger partial charge in [-0.25, -0.2) is 9.97 Å². The van der Waals surface area contributed by atoms with E-state index in [0.29, 0.717) is 37.3 Å². The summed E-state index contributed by atoms with van der Waals surface area (Å²) in [5.41, 5.74) is 3.33. The summed E-state index contributed by atoms with van der Waals surface area (Å²) < 4.78 is 14.1. The van der Waals surface area contributed by atoms with Crippen LogP contribution in [0.3, 0.4) is 0 Å². The van der Waals surface area contributed by atoms with Crippen LogP contribution >= 0.6 is 0 Å². The molecule has 0 spiro atoms. The maximum atomic E-state index is 13.8. The van der Waals surface area contributed by atoms with Gasteiger partial charge in [-0.05, 0) is 62.8 Å². The number of nitrogens with zero attached hydrogens (tertiary/aromatic N) is 4. The van der Waals surface area contributed by atoms with Gasteiger partial charge in [-0.1, -0.05) is 32.6 Å². The number of Topliss-reactive ketones (excluding diaryl/α,β-unsaturated/α-hetero) is 2. The standard InChI is InChI=1S/C32H40N4O5/c1-4-27(38)31-28-12-13-36(31)29(39)20-35-19-26(22(3)37)25-16-24(41-32-33-17-21(2)18-34-32)15-23(30(25)35)11-9-7-5-6-8-10-14-40-28/h15-19,28,31H,4-14,20H2,1-3H3/t28-,31-/m1/s1. The van der Waals surface area contributed by atoms with Gasteiger partial charge < -0.3 is 18.9 Å². The van der Waals surface area contributed by atoms with Crippen LogP contribution in [-0.2, 0) is 27.3 Å². The van der Waals surface area contributed by atoms with Crippen molar-refractivity contribution in [1.29, 1.82) is 0 Å². The number of fused-ring (bicyclic) bond motifs is 2. The van der Waals surface area contributed by atoms with Crippen molar-refractivity contribution in [2.45, 2.75) is 97.2 Å². The molecule has 41 heavy (non-hydrogen) atoms. The van der Waals surface area contributed by atoms with Crippen molar-refractivity contribution < 1.29 is 23.9 Å². The summed E-state index contributed by atoms with van der Waals surface area (Å²) in [5.74, 6) is 0.355. The topological polar surface area (TPSA) is 104 Å². The number of hydrogen-bond acceptors (Lipinski definition) is 7. The Balaban J connectivity index is 1.55. The van der Waals surface area contributed by atoms with Gasteiger partial charge in [-0.3, -0.25) is 14.4 Å². The lowest BCUT2D eigenvalue weighted by Crippen LogP contribution is -2.46. The maximum Gasteiger partial charge on any atom is 0.321 e. The van der Waals surface area contributed by atoms with Crippen LogP contribution in [0.2, 0.25) is 0 Å². The first-order valence-corrected chi connectivity index (χ1v) is 14.9. The summed E-state index contributed by atoms with van der Waals surface area (Å²) in [4.78, 5) is 49.8. The largest absolute Gasteiger partial charge is 0.424 e. The van der Waals surface area contributed by atoms with Gasteiger partial charge in [0.15, 0.2) is 11.6 Å². The molecule has 9 heteroatoms. The summed E-state index contributed by atoms with van der Waals surface area (Å²) >= 11 is 0. The van der Waals surface area contributed by atoms with Gasteiger partial charge in [0.25, 0.3) is 0 Å². The quantitative estimate of drug-likeness (QED) is 0.374. The zero-order valence-electron chi connectivity index (χ0n) is 24.4. The SMILES string of the molecule is CCC(=O)[C@@H]1[C@H]2CCN1C(=O)Cn1cc(C(C)=O)c3cc(Oc4ncc(C)cn4)cc(c31)CCCCCCCCO2. The van der Waals surface area contributed by atoms with E-state index in [0.717, 1.165) is 67.0 Å². The van der Waals surface area contributed by atoms with E-state index in [4.69, 9.17) is 9.47 Å². The van der Waals surface area contributed by atoms with Crippen molar-refractivity contribution in [3.63, 3.8) is 0 Å². The Morgan fingerprint density at radius 2 is 1.80 bits per heavy atom. The highest BCUT2D eigenvalue weighted by molar-refractivity contribution is 6.08. The molecule has 9 nitrogen and oxygen atoms in total. The highest BCUT2D eigenvalue weighted by Gasteiger charge is 2.41. The second kappa shape index (κ2) is 12.9. The first-order chi connectivity index (χ1) is 19.9. The molecule has 0 radical (unpaired) electrons. The molecule has 0 aliphatic carbocycles. The Labute approximate surface area is 241 Å². The van der Waals surface area contributed by atoms with E-state index in [2.05, 4.69) is 9.97 Å². The number of ether oxygens (including phenoxy) is 2. The van der Waals surface area contributed by atoms with Crippen molar-refractivity contribution in [2.75, 3.05) is 13.2 Å². The first kappa shape index (κ1) is 28.9. The lowest BCUT2D eigenvalue weighted by molar-refractivity contribution is -0.140. The zero-order chi connectivity index (χ0) is 28.9. The Kier molecular flexibility index (Phi) is 9.12. The molecule has 0 N–H and O–H groups in total. The van der Waals surface area contributed by atoms with Gasteiger partial charge in [0.1, 0.15) is 18.3 Å². The molecule has 2 aliphatic rings. The van der Waals surface area contributed by atoms with Crippen molar-refractivity contribution >= 4 is 28.4 Å². The third-order valence-electron chi connectivity index (χ3n) is 8.19. The number of benzene rings is 1. The highest BCUT2D eigenvalue weighted by Crippen LogP contribution is 2.34. The normalized spacial score (nSPS) is 20.7. The molecular weight excluding hydrogens is 520 g/mol. The fraction of sp³-hybridized carbons (Fsp3) is 0.531. The Morgan fingerprint density at radius 3 is 2.54 bits per heavy atom. The van der Waals surface area contributed by atoms with Gasteiger partial charge in [0.05, 0.1) is 11.6 Å². The second-order valence-corrected chi connectivity index (χ2v) is 11.3. The Bertz CT molecular complexity index is 1410. The van der Waals surface area contributed by atoms with E-state index in [1.807, 2.05) is 30.5 Å². The van der Waals surface area contributed by atoms with E-state index in [-0.39, 0.29) is 36.1 Å². The molecule has 1 amide bonds. The average Bonchev–Trinajstić information content (AvgIpc) is 3.54. The molecule has 2 bridgehead atoms. The minimum Gasteiger partial charge on any atom is -0.424 e. The van der Waals surface area contributed by atoms with Crippen molar-refractivity contribution in [3.05, 3.63) is 47.4 Å². The van der Waals surface area contributed by atoms with Crippen LogP contribution in [0.25, 0.3) is 10.9 Å². The Hall–Kier alpha value is -3.59. The lowest BCUT2D eigenvalue weighted by atomic mass is 10.0. The smallest absolute Gasteiger partial charge is 0.321 e. The third kappa shape index (κ3) is 6.50. The van der Waals surface area contributed by atoms with Crippen LogP contribution in [0, 0.1) is 6.92 Å². The first-order valence-electron chi connectivity index (χ1n) is 14.9. The number of aryl methyl sites for hydroxylation is 2. The minimum atomic E-state index is -0.564. The number of hydrogen-bond donors (Lipinski definition) is 0. The highest BCUT2D eigenvalue weighted by atomic mass is 16.5. The van der Waals surface area contributed by atoms with Crippen molar-refractivity contribution in [1.82, 2.24) is 19.4 Å². The molecule has 4 heterocycles. The predicted molar refractivity (Wildman–Crippen MR) is 155 cm³/mol. The molecule has 5 rings (SSSR count). The monoisotopic (exact) mass is 560 g/mol. The van der Waals surface area contributed by atoms with Gasteiger partial charge in [-0.2, -0.15) is 0 Å². The zero-order valence-corrected chi connectivity index (χ0v) is 24.4. The number of rotatable bonds is 5. The number of carbonyl (C=O) groups is 3. The minimum absolute atomic E-state index is 0.0290. The van der Waals surface area contributed by atoms with Crippen molar-refractivity contribution in [2.24, 2.45) is 0 Å². The fourth-order valence-electron chi connectivity index (χ4n) is 6.10. The van der Waals surface area contributed by atoms with E-state index in [1.54, 1.807) is 23.5 Å². The molecule has 2 aromatic heterocycles. The summed E-state index contributed by atoms with van der Waals surface area (Å²) in [5, 5.41) is 0.742. The van der Waals surface area contributed by atoms with E-state index in [1.165, 1.54) is 6.92 Å². The maximum absolute atomic E-state index is 13.8. The van der Waals surface area contributed by atoms with Crippen molar-refractivity contribution in [3.8, 4) is 11.8 Å².